The molecule has 2 N–H and O–H groups in total. The number of hydrogen-bond donors (Lipinski definition) is 2. The lowest BCUT2D eigenvalue weighted by molar-refractivity contribution is -0.139. The summed E-state index contributed by atoms with van der Waals surface area (Å²) in [5.41, 5.74) is -1.57. The number of pyridine rings is 1. The Labute approximate surface area is 175 Å². The first kappa shape index (κ1) is 22.3. The van der Waals surface area contributed by atoms with E-state index in [1.165, 1.54) is 0 Å². The minimum atomic E-state index is -4.63. The highest BCUT2D eigenvalue weighted by Gasteiger charge is 2.42. The van der Waals surface area contributed by atoms with Gasteiger partial charge in [-0.15, -0.1) is 0 Å². The van der Waals surface area contributed by atoms with Crippen LogP contribution in [0.15, 0.2) is 47.4 Å². The van der Waals surface area contributed by atoms with E-state index in [0.29, 0.717) is 40.9 Å². The number of halogens is 3. The number of nitrogens with zero attached hydrogens (tertiary/aromatic N) is 1. The molecule has 31 heavy (non-hydrogen) atoms. The van der Waals surface area contributed by atoms with Gasteiger partial charge in [0.25, 0.3) is 5.56 Å². The zero-order chi connectivity index (χ0) is 22.8. The summed E-state index contributed by atoms with van der Waals surface area (Å²) in [6, 6.07) is 7.85. The molecule has 2 heterocycles. The van der Waals surface area contributed by atoms with Gasteiger partial charge in [-0.05, 0) is 36.6 Å². The quantitative estimate of drug-likeness (QED) is 0.706. The zero-order valence-corrected chi connectivity index (χ0v) is 16.6. The molecule has 0 bridgehead atoms. The van der Waals surface area contributed by atoms with E-state index in [1.807, 2.05) is 6.92 Å². The molecular weight excluding hydrogens is 415 g/mol. The van der Waals surface area contributed by atoms with Crippen molar-refractivity contribution in [3.8, 4) is 0 Å². The number of carbonyl (C=O) groups is 3. The molecule has 1 saturated heterocycles. The van der Waals surface area contributed by atoms with Gasteiger partial charge in [0.15, 0.2) is 0 Å². The molecule has 0 spiro atoms. The average Bonchev–Trinajstić information content (AvgIpc) is 2.70. The molecule has 1 unspecified atom stereocenters. The van der Waals surface area contributed by atoms with Crippen molar-refractivity contribution in [2.24, 2.45) is 0 Å². The molecule has 0 saturated carbocycles. The zero-order valence-electron chi connectivity index (χ0n) is 16.6. The van der Waals surface area contributed by atoms with Crippen LogP contribution < -0.4 is 16.2 Å². The first-order chi connectivity index (χ1) is 14.5. The maximum Gasteiger partial charge on any atom is 0.417 e. The summed E-state index contributed by atoms with van der Waals surface area (Å²) in [5.74, 6) is -1.37. The van der Waals surface area contributed by atoms with Gasteiger partial charge in [0.1, 0.15) is 6.54 Å². The van der Waals surface area contributed by atoms with E-state index < -0.39 is 35.2 Å². The minimum absolute atomic E-state index is 0.226. The van der Waals surface area contributed by atoms with Crippen molar-refractivity contribution in [3.63, 3.8) is 0 Å². The number of piperidine rings is 1. The molecular formula is C21H20F3N3O4. The van der Waals surface area contributed by atoms with Crippen molar-refractivity contribution < 1.29 is 27.6 Å². The molecule has 1 aromatic carbocycles. The summed E-state index contributed by atoms with van der Waals surface area (Å²) in [6.45, 7) is 1.26. The topological polar surface area (TPSA) is 97.3 Å². The lowest BCUT2D eigenvalue weighted by atomic mass is 9.72. The molecule has 1 fully saturated rings. The van der Waals surface area contributed by atoms with Crippen molar-refractivity contribution in [2.45, 2.75) is 44.3 Å². The van der Waals surface area contributed by atoms with Gasteiger partial charge in [0.2, 0.25) is 17.7 Å². The van der Waals surface area contributed by atoms with Crippen molar-refractivity contribution in [3.05, 3.63) is 64.1 Å². The first-order valence-electron chi connectivity index (χ1n) is 9.57. The van der Waals surface area contributed by atoms with Gasteiger partial charge in [-0.25, -0.2) is 0 Å². The summed E-state index contributed by atoms with van der Waals surface area (Å²) < 4.78 is 39.1. The number of aromatic nitrogens is 1. The number of carbonyl (C=O) groups excluding carboxylic acids is 3. The lowest BCUT2D eigenvalue weighted by Crippen LogP contribution is -2.51. The Kier molecular flexibility index (Phi) is 6.01. The van der Waals surface area contributed by atoms with Crippen LogP contribution in [0.4, 0.5) is 18.9 Å². The van der Waals surface area contributed by atoms with Gasteiger partial charge in [-0.3, -0.25) is 24.5 Å². The maximum absolute atomic E-state index is 12.8. The Hall–Kier alpha value is -3.43. The molecule has 1 aliphatic heterocycles. The molecule has 1 atom stereocenters. The molecule has 164 valence electrons. The van der Waals surface area contributed by atoms with Gasteiger partial charge in [-0.2, -0.15) is 13.2 Å². The van der Waals surface area contributed by atoms with E-state index in [4.69, 9.17) is 0 Å². The van der Waals surface area contributed by atoms with E-state index in [1.54, 1.807) is 24.3 Å². The fraction of sp³-hybridized carbons (Fsp3) is 0.333. The maximum atomic E-state index is 12.8. The third kappa shape index (κ3) is 4.68. The Balaban J connectivity index is 1.73. The van der Waals surface area contributed by atoms with Crippen LogP contribution in [0.3, 0.4) is 0 Å². The third-order valence-electron chi connectivity index (χ3n) is 5.42. The van der Waals surface area contributed by atoms with Crippen LogP contribution in [-0.2, 0) is 32.5 Å². The molecule has 1 aliphatic rings. The third-order valence-corrected chi connectivity index (χ3v) is 5.42. The van der Waals surface area contributed by atoms with Gasteiger partial charge in [0.05, 0.1) is 11.0 Å². The largest absolute Gasteiger partial charge is 0.417 e. The summed E-state index contributed by atoms with van der Waals surface area (Å²) >= 11 is 0. The summed E-state index contributed by atoms with van der Waals surface area (Å²) in [4.78, 5) is 47.9. The lowest BCUT2D eigenvalue weighted by Gasteiger charge is -2.35. The molecule has 7 nitrogen and oxygen atoms in total. The van der Waals surface area contributed by atoms with Gasteiger partial charge >= 0.3 is 6.18 Å². The number of anilines is 1. The van der Waals surface area contributed by atoms with Gasteiger partial charge < -0.3 is 9.88 Å². The highest BCUT2D eigenvalue weighted by Crippen LogP contribution is 2.36. The van der Waals surface area contributed by atoms with Crippen LogP contribution in [0.25, 0.3) is 0 Å². The normalized spacial score (nSPS) is 19.1. The molecule has 0 aliphatic carbocycles. The van der Waals surface area contributed by atoms with Crippen LogP contribution in [0.2, 0.25) is 0 Å². The Morgan fingerprint density at radius 3 is 2.39 bits per heavy atom. The van der Waals surface area contributed by atoms with Crippen LogP contribution in [0, 0.1) is 0 Å². The molecule has 2 aromatic rings. The van der Waals surface area contributed by atoms with Crippen molar-refractivity contribution >= 4 is 23.4 Å². The second kappa shape index (κ2) is 8.37. The number of benzene rings is 1. The highest BCUT2D eigenvalue weighted by atomic mass is 19.4. The fourth-order valence-corrected chi connectivity index (χ4v) is 3.62. The van der Waals surface area contributed by atoms with Gasteiger partial charge in [0, 0.05) is 24.4 Å². The number of rotatable bonds is 5. The number of alkyl halides is 3. The minimum Gasteiger partial charge on any atom is -0.325 e. The van der Waals surface area contributed by atoms with Crippen molar-refractivity contribution in [2.75, 3.05) is 5.32 Å². The van der Waals surface area contributed by atoms with E-state index in [9.17, 15) is 32.3 Å². The standard InChI is InChI=1S/C21H20F3N3O4/c1-2-20(10-9-16(28)26-19(20)31)13-3-6-15(7-4-13)25-17(29)12-27-11-14(21(22,23)24)5-8-18(27)30/h3-8,11H,2,9-10,12H2,1H3,(H,25,29)(H,26,28,31). The Morgan fingerprint density at radius 1 is 1.13 bits per heavy atom. The second-order valence-corrected chi connectivity index (χ2v) is 7.32. The predicted octanol–water partition coefficient (Wildman–Crippen LogP) is 2.59. The van der Waals surface area contributed by atoms with Gasteiger partial charge in [-0.1, -0.05) is 19.1 Å². The van der Waals surface area contributed by atoms with E-state index in [-0.39, 0.29) is 18.2 Å². The molecule has 1 aromatic heterocycles. The SMILES string of the molecule is CCC1(c2ccc(NC(=O)Cn3cc(C(F)(F)F)ccc3=O)cc2)CCC(=O)NC1=O. The fourth-order valence-electron chi connectivity index (χ4n) is 3.62. The van der Waals surface area contributed by atoms with E-state index >= 15 is 0 Å². The summed E-state index contributed by atoms with van der Waals surface area (Å²) in [5, 5.41) is 4.87. The molecule has 3 amide bonds. The van der Waals surface area contributed by atoms with Crippen molar-refractivity contribution in [1.82, 2.24) is 9.88 Å². The predicted molar refractivity (Wildman–Crippen MR) is 105 cm³/mol. The van der Waals surface area contributed by atoms with E-state index in [2.05, 4.69) is 10.6 Å². The number of hydrogen-bond acceptors (Lipinski definition) is 4. The van der Waals surface area contributed by atoms with Crippen LogP contribution >= 0.6 is 0 Å². The highest BCUT2D eigenvalue weighted by molar-refractivity contribution is 6.03. The number of imide groups is 1. The first-order valence-corrected chi connectivity index (χ1v) is 9.57. The molecule has 0 radical (unpaired) electrons. The summed E-state index contributed by atoms with van der Waals surface area (Å²) in [7, 11) is 0. The monoisotopic (exact) mass is 435 g/mol. The number of amides is 3. The van der Waals surface area contributed by atoms with E-state index in [0.717, 1.165) is 6.07 Å². The Morgan fingerprint density at radius 2 is 1.81 bits per heavy atom. The number of nitrogens with one attached hydrogen (secondary N) is 2. The average molecular weight is 435 g/mol. The smallest absolute Gasteiger partial charge is 0.325 e. The molecule has 3 rings (SSSR count). The van der Waals surface area contributed by atoms with Crippen LogP contribution in [0.1, 0.15) is 37.3 Å². The second-order valence-electron chi connectivity index (χ2n) is 7.32. The van der Waals surface area contributed by atoms with Crippen LogP contribution in [-0.4, -0.2) is 22.3 Å². The van der Waals surface area contributed by atoms with Crippen LogP contribution in [0.5, 0.6) is 0 Å². The van der Waals surface area contributed by atoms with Crippen molar-refractivity contribution in [1.29, 1.82) is 0 Å². The Bertz CT molecular complexity index is 1080. The molecule has 10 heteroatoms. The summed E-state index contributed by atoms with van der Waals surface area (Å²) in [6.07, 6.45) is -2.95.